The van der Waals surface area contributed by atoms with E-state index in [0.717, 1.165) is 23.1 Å². The van der Waals surface area contributed by atoms with Crippen molar-refractivity contribution in [1.29, 1.82) is 0 Å². The van der Waals surface area contributed by atoms with Crippen molar-refractivity contribution in [2.24, 2.45) is 0 Å². The summed E-state index contributed by atoms with van der Waals surface area (Å²) in [6.07, 6.45) is 0.848. The molecule has 1 atom stereocenters. The maximum absolute atomic E-state index is 12.9. The van der Waals surface area contributed by atoms with Gasteiger partial charge in [-0.05, 0) is 44.9 Å². The summed E-state index contributed by atoms with van der Waals surface area (Å²) in [5.41, 5.74) is 3.23. The molecule has 0 saturated heterocycles. The zero-order valence-electron chi connectivity index (χ0n) is 17.2. The first-order valence-corrected chi connectivity index (χ1v) is 9.73. The Balaban J connectivity index is 2.12. The van der Waals surface area contributed by atoms with Crippen LogP contribution in [0.1, 0.15) is 37.0 Å². The van der Waals surface area contributed by atoms with E-state index in [-0.39, 0.29) is 18.4 Å². The third-order valence-electron chi connectivity index (χ3n) is 4.54. The summed E-state index contributed by atoms with van der Waals surface area (Å²) in [6, 6.07) is 14.9. The van der Waals surface area contributed by atoms with E-state index in [2.05, 4.69) is 5.32 Å². The van der Waals surface area contributed by atoms with Crippen LogP contribution in [0.25, 0.3) is 0 Å². The highest BCUT2D eigenvalue weighted by Gasteiger charge is 2.26. The van der Waals surface area contributed by atoms with Gasteiger partial charge in [-0.3, -0.25) is 9.59 Å². The molecular formula is C23H30N2O3. The Kier molecular flexibility index (Phi) is 8.05. The van der Waals surface area contributed by atoms with Crippen molar-refractivity contribution in [1.82, 2.24) is 10.2 Å². The lowest BCUT2D eigenvalue weighted by atomic mass is 10.1. The number of nitrogens with one attached hydrogen (secondary N) is 1. The number of ether oxygens (including phenoxy) is 1. The van der Waals surface area contributed by atoms with Gasteiger partial charge in [0.05, 0.1) is 0 Å². The van der Waals surface area contributed by atoms with Crippen molar-refractivity contribution >= 4 is 11.8 Å². The van der Waals surface area contributed by atoms with Gasteiger partial charge in [-0.2, -0.15) is 0 Å². The first-order chi connectivity index (χ1) is 13.4. The van der Waals surface area contributed by atoms with E-state index < -0.39 is 6.04 Å². The predicted octanol–water partition coefficient (Wildman–Crippen LogP) is 3.63. The molecule has 0 unspecified atom stereocenters. The number of carbonyl (C=O) groups excluding carboxylic acids is 2. The summed E-state index contributed by atoms with van der Waals surface area (Å²) in [5.74, 6) is 0.261. The number of benzene rings is 2. The van der Waals surface area contributed by atoms with Gasteiger partial charge in [-0.1, -0.05) is 54.4 Å². The Morgan fingerprint density at radius 2 is 1.79 bits per heavy atom. The average molecular weight is 383 g/mol. The third-order valence-corrected chi connectivity index (χ3v) is 4.54. The number of hydrogen-bond acceptors (Lipinski definition) is 3. The summed E-state index contributed by atoms with van der Waals surface area (Å²) in [7, 11) is 0. The van der Waals surface area contributed by atoms with Crippen molar-refractivity contribution in [3.05, 3.63) is 65.2 Å². The molecule has 0 aliphatic carbocycles. The molecule has 0 radical (unpaired) electrons. The number of hydrogen-bond donors (Lipinski definition) is 1. The molecule has 0 heterocycles. The molecule has 2 amide bonds. The molecule has 2 rings (SSSR count). The van der Waals surface area contributed by atoms with Gasteiger partial charge in [0.2, 0.25) is 5.91 Å². The Bertz CT molecular complexity index is 787. The van der Waals surface area contributed by atoms with Crippen molar-refractivity contribution in [3.63, 3.8) is 0 Å². The SMILES string of the molecule is CCCNC(=O)[C@H](C)N(Cc1cccc(C)c1)C(=O)COc1ccc(C)cc1. The fourth-order valence-corrected chi connectivity index (χ4v) is 2.85. The maximum Gasteiger partial charge on any atom is 0.261 e. The highest BCUT2D eigenvalue weighted by Crippen LogP contribution is 2.14. The Hall–Kier alpha value is -2.82. The zero-order valence-corrected chi connectivity index (χ0v) is 17.2. The van der Waals surface area contributed by atoms with Crippen LogP contribution in [0.4, 0.5) is 0 Å². The fraction of sp³-hybridized carbons (Fsp3) is 0.391. The summed E-state index contributed by atoms with van der Waals surface area (Å²) < 4.78 is 5.65. The lowest BCUT2D eigenvalue weighted by Gasteiger charge is -2.29. The monoisotopic (exact) mass is 382 g/mol. The van der Waals surface area contributed by atoms with E-state index >= 15 is 0 Å². The predicted molar refractivity (Wildman–Crippen MR) is 111 cm³/mol. The molecule has 5 heteroatoms. The van der Waals surface area contributed by atoms with Crippen LogP contribution in [0, 0.1) is 13.8 Å². The largest absolute Gasteiger partial charge is 0.484 e. The first-order valence-electron chi connectivity index (χ1n) is 9.73. The average Bonchev–Trinajstić information content (AvgIpc) is 2.69. The lowest BCUT2D eigenvalue weighted by Crippen LogP contribution is -2.49. The fourth-order valence-electron chi connectivity index (χ4n) is 2.85. The van der Waals surface area contributed by atoms with Crippen LogP contribution in [0.2, 0.25) is 0 Å². The highest BCUT2D eigenvalue weighted by atomic mass is 16.5. The second kappa shape index (κ2) is 10.5. The highest BCUT2D eigenvalue weighted by molar-refractivity contribution is 5.87. The van der Waals surface area contributed by atoms with Crippen LogP contribution in [0.5, 0.6) is 5.75 Å². The minimum absolute atomic E-state index is 0.111. The molecule has 0 aliphatic heterocycles. The normalized spacial score (nSPS) is 11.6. The quantitative estimate of drug-likeness (QED) is 0.721. The number of aryl methyl sites for hydroxylation is 2. The Morgan fingerprint density at radius 1 is 1.07 bits per heavy atom. The second-order valence-electron chi connectivity index (χ2n) is 7.08. The van der Waals surface area contributed by atoms with Crippen LogP contribution in [0.3, 0.4) is 0 Å². The van der Waals surface area contributed by atoms with Gasteiger partial charge >= 0.3 is 0 Å². The Morgan fingerprint density at radius 3 is 2.43 bits per heavy atom. The molecule has 1 N–H and O–H groups in total. The van der Waals surface area contributed by atoms with Crippen LogP contribution in [0.15, 0.2) is 48.5 Å². The molecule has 0 aliphatic rings. The smallest absolute Gasteiger partial charge is 0.261 e. The van der Waals surface area contributed by atoms with E-state index in [1.54, 1.807) is 11.8 Å². The molecule has 0 saturated carbocycles. The summed E-state index contributed by atoms with van der Waals surface area (Å²) in [4.78, 5) is 27.0. The first kappa shape index (κ1) is 21.5. The molecule has 2 aromatic rings. The maximum atomic E-state index is 12.9. The van der Waals surface area contributed by atoms with Gasteiger partial charge in [-0.25, -0.2) is 0 Å². The number of nitrogens with zero attached hydrogens (tertiary/aromatic N) is 1. The van der Waals surface area contributed by atoms with Crippen LogP contribution >= 0.6 is 0 Å². The van der Waals surface area contributed by atoms with Crippen molar-refractivity contribution < 1.29 is 14.3 Å². The minimum Gasteiger partial charge on any atom is -0.484 e. The molecule has 0 bridgehead atoms. The van der Waals surface area contributed by atoms with Crippen molar-refractivity contribution in [3.8, 4) is 5.75 Å². The Labute approximate surface area is 167 Å². The van der Waals surface area contributed by atoms with Crippen molar-refractivity contribution in [2.45, 2.75) is 46.7 Å². The van der Waals surface area contributed by atoms with Crippen LogP contribution in [-0.2, 0) is 16.1 Å². The molecule has 150 valence electrons. The van der Waals surface area contributed by atoms with E-state index in [0.29, 0.717) is 18.8 Å². The second-order valence-corrected chi connectivity index (χ2v) is 7.08. The molecule has 5 nitrogen and oxygen atoms in total. The van der Waals surface area contributed by atoms with Gasteiger partial charge in [0, 0.05) is 13.1 Å². The van der Waals surface area contributed by atoms with Gasteiger partial charge in [-0.15, -0.1) is 0 Å². The number of carbonyl (C=O) groups is 2. The lowest BCUT2D eigenvalue weighted by molar-refractivity contribution is -0.142. The van der Waals surface area contributed by atoms with E-state index in [1.165, 1.54) is 0 Å². The van der Waals surface area contributed by atoms with Gasteiger partial charge in [0.15, 0.2) is 6.61 Å². The van der Waals surface area contributed by atoms with Crippen molar-refractivity contribution in [2.75, 3.05) is 13.2 Å². The van der Waals surface area contributed by atoms with Crippen LogP contribution in [-0.4, -0.2) is 35.9 Å². The molecule has 0 fully saturated rings. The summed E-state index contributed by atoms with van der Waals surface area (Å²) in [5, 5.41) is 2.87. The third kappa shape index (κ3) is 6.41. The van der Waals surface area contributed by atoms with Gasteiger partial charge in [0.25, 0.3) is 5.91 Å². The molecule has 0 spiro atoms. The zero-order chi connectivity index (χ0) is 20.5. The summed E-state index contributed by atoms with van der Waals surface area (Å²) >= 11 is 0. The molecular weight excluding hydrogens is 352 g/mol. The van der Waals surface area contributed by atoms with E-state index in [9.17, 15) is 9.59 Å². The van der Waals surface area contributed by atoms with Gasteiger partial charge in [0.1, 0.15) is 11.8 Å². The molecule has 2 aromatic carbocycles. The number of amides is 2. The number of rotatable bonds is 9. The standard InChI is InChI=1S/C23H30N2O3/c1-5-13-24-23(27)19(4)25(15-20-8-6-7-18(3)14-20)22(26)16-28-21-11-9-17(2)10-12-21/h6-12,14,19H,5,13,15-16H2,1-4H3,(H,24,27)/t19-/m0/s1. The van der Waals surface area contributed by atoms with E-state index in [1.807, 2.05) is 69.3 Å². The molecule has 28 heavy (non-hydrogen) atoms. The summed E-state index contributed by atoms with van der Waals surface area (Å²) in [6.45, 7) is 8.59. The van der Waals surface area contributed by atoms with E-state index in [4.69, 9.17) is 4.74 Å². The van der Waals surface area contributed by atoms with Crippen LogP contribution < -0.4 is 10.1 Å². The molecule has 0 aromatic heterocycles. The minimum atomic E-state index is -0.582. The van der Waals surface area contributed by atoms with Gasteiger partial charge < -0.3 is 15.0 Å². The topological polar surface area (TPSA) is 58.6 Å².